The van der Waals surface area contributed by atoms with Crippen LogP contribution in [0.4, 0.5) is 5.95 Å². The standard InChI is InChI=1S/C15H19N5O2/c1-3-5-11-22-13-8-6-12(7-9-13)14(21)16-15-17-19-20(18-15)10-4-2/h4,6-9H,2-3,5,10-11H2,1H3,(H,16,18,21). The third-order valence-corrected chi connectivity index (χ3v) is 2.85. The number of rotatable bonds is 8. The first-order chi connectivity index (χ1) is 10.7. The van der Waals surface area contributed by atoms with Crippen molar-refractivity contribution in [2.24, 2.45) is 0 Å². The number of allylic oxidation sites excluding steroid dienone is 1. The molecule has 0 atom stereocenters. The van der Waals surface area contributed by atoms with Crippen LogP contribution in [0.2, 0.25) is 0 Å². The molecule has 22 heavy (non-hydrogen) atoms. The maximum Gasteiger partial charge on any atom is 0.270 e. The highest BCUT2D eigenvalue weighted by Crippen LogP contribution is 2.13. The van der Waals surface area contributed by atoms with E-state index in [0.717, 1.165) is 18.6 Å². The van der Waals surface area contributed by atoms with E-state index in [1.54, 1.807) is 30.3 Å². The quantitative estimate of drug-likeness (QED) is 0.597. The van der Waals surface area contributed by atoms with Crippen LogP contribution in [0.5, 0.6) is 5.75 Å². The summed E-state index contributed by atoms with van der Waals surface area (Å²) < 4.78 is 5.55. The number of benzene rings is 1. The minimum absolute atomic E-state index is 0.162. The fraction of sp³-hybridized carbons (Fsp3) is 0.333. The van der Waals surface area contributed by atoms with Crippen molar-refractivity contribution < 1.29 is 9.53 Å². The summed E-state index contributed by atoms with van der Waals surface area (Å²) in [4.78, 5) is 13.4. The van der Waals surface area contributed by atoms with E-state index in [-0.39, 0.29) is 11.9 Å². The summed E-state index contributed by atoms with van der Waals surface area (Å²) in [7, 11) is 0. The first kappa shape index (κ1) is 15.7. The van der Waals surface area contributed by atoms with Crippen LogP contribution in [0, 0.1) is 0 Å². The van der Waals surface area contributed by atoms with Gasteiger partial charge in [0.1, 0.15) is 5.75 Å². The zero-order chi connectivity index (χ0) is 15.8. The van der Waals surface area contributed by atoms with Gasteiger partial charge in [-0.25, -0.2) is 0 Å². The highest BCUT2D eigenvalue weighted by atomic mass is 16.5. The van der Waals surface area contributed by atoms with Gasteiger partial charge in [-0.3, -0.25) is 10.1 Å². The van der Waals surface area contributed by atoms with Crippen molar-refractivity contribution in [1.82, 2.24) is 20.2 Å². The first-order valence-electron chi connectivity index (χ1n) is 7.16. The molecule has 0 unspecified atom stereocenters. The number of nitrogens with one attached hydrogen (secondary N) is 1. The second-order valence-electron chi connectivity index (χ2n) is 4.64. The van der Waals surface area contributed by atoms with Gasteiger partial charge < -0.3 is 4.74 Å². The minimum Gasteiger partial charge on any atom is -0.494 e. The first-order valence-corrected chi connectivity index (χ1v) is 7.16. The Morgan fingerprint density at radius 3 is 2.86 bits per heavy atom. The molecule has 1 aromatic heterocycles. The number of tetrazole rings is 1. The van der Waals surface area contributed by atoms with Gasteiger partial charge in [0.2, 0.25) is 0 Å². The zero-order valence-electron chi connectivity index (χ0n) is 12.5. The topological polar surface area (TPSA) is 81.9 Å². The number of aromatic nitrogens is 4. The normalized spacial score (nSPS) is 10.2. The molecule has 0 bridgehead atoms. The highest BCUT2D eigenvalue weighted by molar-refractivity contribution is 6.03. The number of hydrogen-bond donors (Lipinski definition) is 1. The lowest BCUT2D eigenvalue weighted by atomic mass is 10.2. The molecule has 7 nitrogen and oxygen atoms in total. The van der Waals surface area contributed by atoms with Crippen LogP contribution in [0.1, 0.15) is 30.1 Å². The zero-order valence-corrected chi connectivity index (χ0v) is 12.5. The Bertz CT molecular complexity index is 621. The summed E-state index contributed by atoms with van der Waals surface area (Å²) >= 11 is 0. The van der Waals surface area contributed by atoms with Gasteiger partial charge in [-0.1, -0.05) is 24.5 Å². The van der Waals surface area contributed by atoms with Crippen LogP contribution in [-0.2, 0) is 6.54 Å². The summed E-state index contributed by atoms with van der Waals surface area (Å²) in [5, 5.41) is 14.1. The average Bonchev–Trinajstić information content (AvgIpc) is 2.96. The molecule has 0 saturated heterocycles. The van der Waals surface area contributed by atoms with Gasteiger partial charge in [-0.05, 0) is 35.9 Å². The van der Waals surface area contributed by atoms with E-state index >= 15 is 0 Å². The van der Waals surface area contributed by atoms with Gasteiger partial charge in [-0.2, -0.15) is 4.80 Å². The predicted octanol–water partition coefficient (Wildman–Crippen LogP) is 2.29. The molecule has 2 aromatic rings. The van der Waals surface area contributed by atoms with E-state index in [1.165, 1.54) is 4.80 Å². The Balaban J connectivity index is 1.92. The van der Waals surface area contributed by atoms with E-state index in [9.17, 15) is 4.79 Å². The lowest BCUT2D eigenvalue weighted by Gasteiger charge is -2.06. The largest absolute Gasteiger partial charge is 0.494 e. The van der Waals surface area contributed by atoms with E-state index in [0.29, 0.717) is 18.7 Å². The van der Waals surface area contributed by atoms with Crippen molar-refractivity contribution in [2.75, 3.05) is 11.9 Å². The maximum absolute atomic E-state index is 12.1. The highest BCUT2D eigenvalue weighted by Gasteiger charge is 2.09. The molecule has 2 rings (SSSR count). The molecule has 7 heteroatoms. The van der Waals surface area contributed by atoms with Crippen molar-refractivity contribution in [3.05, 3.63) is 42.5 Å². The Hall–Kier alpha value is -2.70. The number of anilines is 1. The molecule has 0 saturated carbocycles. The second-order valence-corrected chi connectivity index (χ2v) is 4.64. The number of unbranched alkanes of at least 4 members (excludes halogenated alkanes) is 1. The van der Waals surface area contributed by atoms with E-state index in [4.69, 9.17) is 4.74 Å². The lowest BCUT2D eigenvalue weighted by Crippen LogP contribution is -2.13. The van der Waals surface area contributed by atoms with Crippen LogP contribution >= 0.6 is 0 Å². The van der Waals surface area contributed by atoms with E-state index < -0.39 is 0 Å². The summed E-state index contributed by atoms with van der Waals surface area (Å²) in [6, 6.07) is 6.94. The Morgan fingerprint density at radius 1 is 1.41 bits per heavy atom. The molecule has 0 fully saturated rings. The van der Waals surface area contributed by atoms with Crippen molar-refractivity contribution in [3.63, 3.8) is 0 Å². The number of carbonyl (C=O) groups is 1. The molecule has 0 aliphatic heterocycles. The van der Waals surface area contributed by atoms with Crippen molar-refractivity contribution in [3.8, 4) is 5.75 Å². The molecule has 0 aliphatic rings. The SMILES string of the molecule is C=CCn1nnc(NC(=O)c2ccc(OCCCC)cc2)n1. The summed E-state index contributed by atoms with van der Waals surface area (Å²) in [6.07, 6.45) is 3.73. The maximum atomic E-state index is 12.1. The summed E-state index contributed by atoms with van der Waals surface area (Å²) in [5.41, 5.74) is 0.503. The van der Waals surface area contributed by atoms with Crippen molar-refractivity contribution in [1.29, 1.82) is 0 Å². The number of carbonyl (C=O) groups excluding carboxylic acids is 1. The molecular formula is C15H19N5O2. The minimum atomic E-state index is -0.293. The molecule has 0 radical (unpaired) electrons. The van der Waals surface area contributed by atoms with Gasteiger partial charge in [0, 0.05) is 5.56 Å². The van der Waals surface area contributed by atoms with Gasteiger partial charge in [0.15, 0.2) is 0 Å². The Kier molecular flexibility index (Phi) is 5.65. The summed E-state index contributed by atoms with van der Waals surface area (Å²) in [5.74, 6) is 0.619. The van der Waals surface area contributed by atoms with Gasteiger partial charge in [-0.15, -0.1) is 11.7 Å². The number of amides is 1. The van der Waals surface area contributed by atoms with E-state index in [2.05, 4.69) is 34.2 Å². The molecule has 1 aromatic carbocycles. The number of ether oxygens (including phenoxy) is 1. The lowest BCUT2D eigenvalue weighted by molar-refractivity contribution is 0.102. The molecule has 1 heterocycles. The molecule has 116 valence electrons. The third kappa shape index (κ3) is 4.41. The van der Waals surface area contributed by atoms with Gasteiger partial charge >= 0.3 is 0 Å². The molecule has 0 aliphatic carbocycles. The average molecular weight is 301 g/mol. The van der Waals surface area contributed by atoms with Crippen LogP contribution in [-0.4, -0.2) is 32.7 Å². The van der Waals surface area contributed by atoms with Crippen molar-refractivity contribution in [2.45, 2.75) is 26.3 Å². The third-order valence-electron chi connectivity index (χ3n) is 2.85. The van der Waals surface area contributed by atoms with Crippen molar-refractivity contribution >= 4 is 11.9 Å². The van der Waals surface area contributed by atoms with Gasteiger partial charge in [0.05, 0.1) is 13.2 Å². The van der Waals surface area contributed by atoms with Crippen LogP contribution in [0.15, 0.2) is 36.9 Å². The number of hydrogen-bond acceptors (Lipinski definition) is 5. The van der Waals surface area contributed by atoms with Crippen LogP contribution in [0.3, 0.4) is 0 Å². The van der Waals surface area contributed by atoms with E-state index in [1.807, 2.05) is 0 Å². The predicted molar refractivity (Wildman–Crippen MR) is 82.8 cm³/mol. The second kappa shape index (κ2) is 7.92. The van der Waals surface area contributed by atoms with Gasteiger partial charge in [0.25, 0.3) is 11.9 Å². The van der Waals surface area contributed by atoms with Crippen LogP contribution < -0.4 is 10.1 Å². The molecule has 1 amide bonds. The van der Waals surface area contributed by atoms with Crippen LogP contribution in [0.25, 0.3) is 0 Å². The Morgan fingerprint density at radius 2 is 2.18 bits per heavy atom. The smallest absolute Gasteiger partial charge is 0.270 e. The molecule has 1 N–H and O–H groups in total. The fourth-order valence-electron chi connectivity index (χ4n) is 1.70. The number of nitrogens with zero attached hydrogens (tertiary/aromatic N) is 4. The molecule has 0 spiro atoms. The molecular weight excluding hydrogens is 282 g/mol. The Labute approximate surface area is 129 Å². The fourth-order valence-corrected chi connectivity index (χ4v) is 1.70. The monoisotopic (exact) mass is 301 g/mol. The summed E-state index contributed by atoms with van der Waals surface area (Å²) in [6.45, 7) is 6.80.